The number of halogens is 1. The highest BCUT2D eigenvalue weighted by atomic mass is 35.5. The van der Waals surface area contributed by atoms with Crippen LogP contribution in [0, 0.1) is 10.8 Å². The van der Waals surface area contributed by atoms with Gasteiger partial charge < -0.3 is 0 Å². The highest BCUT2D eigenvalue weighted by Gasteiger charge is 2.54. The highest BCUT2D eigenvalue weighted by molar-refractivity contribution is 7.98. The van der Waals surface area contributed by atoms with E-state index in [1.54, 1.807) is 17.3 Å². The molecule has 0 aromatic carbocycles. The summed E-state index contributed by atoms with van der Waals surface area (Å²) in [5, 5.41) is 7.72. The summed E-state index contributed by atoms with van der Waals surface area (Å²) in [6, 6.07) is 0.0345. The van der Waals surface area contributed by atoms with E-state index in [1.165, 1.54) is 0 Å². The van der Waals surface area contributed by atoms with E-state index >= 15 is 0 Å². The maximum atomic E-state index is 13.5. The van der Waals surface area contributed by atoms with Crippen LogP contribution in [-0.2, 0) is 14.9 Å². The summed E-state index contributed by atoms with van der Waals surface area (Å²) in [6.45, 7) is 9.01. The van der Waals surface area contributed by atoms with Crippen molar-refractivity contribution in [2.45, 2.75) is 64.3 Å². The number of hydrogen-bond acceptors (Lipinski definition) is 5. The molecule has 4 rings (SSSR count). The van der Waals surface area contributed by atoms with Gasteiger partial charge >= 0.3 is 0 Å². The second-order valence-corrected chi connectivity index (χ2v) is 11.9. The average Bonchev–Trinajstić information content (AvgIpc) is 3.01. The van der Waals surface area contributed by atoms with E-state index in [-0.39, 0.29) is 27.5 Å². The Kier molecular flexibility index (Phi) is 3.55. The van der Waals surface area contributed by atoms with Crippen LogP contribution in [0.1, 0.15) is 64.8 Å². The van der Waals surface area contributed by atoms with Crippen LogP contribution in [-0.4, -0.2) is 35.6 Å². The van der Waals surface area contributed by atoms with Gasteiger partial charge in [0.05, 0.1) is 4.87 Å². The lowest BCUT2D eigenvalue weighted by Crippen LogP contribution is -2.38. The van der Waals surface area contributed by atoms with Crippen LogP contribution in [0.5, 0.6) is 0 Å². The summed E-state index contributed by atoms with van der Waals surface area (Å²) in [5.41, 5.74) is 0.845. The minimum absolute atomic E-state index is 0.0284. The lowest BCUT2D eigenvalue weighted by Gasteiger charge is -2.39. The molecule has 2 fully saturated rings. The third-order valence-corrected chi connectivity index (χ3v) is 8.13. The van der Waals surface area contributed by atoms with Crippen molar-refractivity contribution in [2.75, 3.05) is 6.54 Å². The molecule has 25 heavy (non-hydrogen) atoms. The number of alkyl halides is 1. The van der Waals surface area contributed by atoms with Gasteiger partial charge in [-0.3, -0.25) is 0 Å². The van der Waals surface area contributed by atoms with Crippen molar-refractivity contribution in [3.05, 3.63) is 17.5 Å². The first-order valence-electron chi connectivity index (χ1n) is 8.68. The first-order valence-corrected chi connectivity index (χ1v) is 10.5. The van der Waals surface area contributed by atoms with Gasteiger partial charge in [0.25, 0.3) is 0 Å². The van der Waals surface area contributed by atoms with Crippen molar-refractivity contribution in [3.8, 4) is 0 Å². The van der Waals surface area contributed by atoms with E-state index in [0.29, 0.717) is 18.7 Å². The van der Waals surface area contributed by atoms with E-state index in [9.17, 15) is 8.42 Å². The lowest BCUT2D eigenvalue weighted by atomic mass is 9.65. The van der Waals surface area contributed by atoms with Gasteiger partial charge in [-0.05, 0) is 48.6 Å². The number of rotatable bonds is 2. The quantitative estimate of drug-likeness (QED) is 0.728. The van der Waals surface area contributed by atoms with Crippen molar-refractivity contribution < 1.29 is 13.0 Å². The predicted molar refractivity (Wildman–Crippen MR) is 95.2 cm³/mol. The fourth-order valence-electron chi connectivity index (χ4n) is 5.21. The average molecular weight is 386 g/mol. The van der Waals surface area contributed by atoms with Gasteiger partial charge in [-0.25, -0.2) is 13.0 Å². The van der Waals surface area contributed by atoms with Crippen LogP contribution in [0.2, 0.25) is 0 Å². The van der Waals surface area contributed by atoms with Gasteiger partial charge in [-0.2, -0.15) is 4.31 Å². The Balaban J connectivity index is 1.74. The molecule has 2 heterocycles. The van der Waals surface area contributed by atoms with Gasteiger partial charge in [0.1, 0.15) is 10.6 Å². The first-order chi connectivity index (χ1) is 11.4. The third-order valence-electron chi connectivity index (χ3n) is 5.84. The van der Waals surface area contributed by atoms with Crippen molar-refractivity contribution in [1.82, 2.24) is 14.6 Å². The molecule has 0 radical (unpaired) electrons. The Morgan fingerprint density at radius 1 is 1.24 bits per heavy atom. The molecule has 1 aromatic rings. The normalized spacial score (nSPS) is 37.6. The molecule has 3 unspecified atom stereocenters. The Morgan fingerprint density at radius 3 is 2.68 bits per heavy atom. The summed E-state index contributed by atoms with van der Waals surface area (Å²) in [7, 11) is -3.66. The molecule has 2 bridgehead atoms. The number of allylic oxidation sites excluding steroid dienone is 1. The molecule has 2 aliphatic carbocycles. The molecule has 0 N–H and O–H groups in total. The molecular weight excluding hydrogens is 362 g/mol. The zero-order valence-corrected chi connectivity index (χ0v) is 16.6. The van der Waals surface area contributed by atoms with Crippen molar-refractivity contribution in [1.29, 1.82) is 0 Å². The summed E-state index contributed by atoms with van der Waals surface area (Å²) in [5.74, 6) is 0. The zero-order valence-electron chi connectivity index (χ0n) is 15.0. The number of sulfonamides is 1. The van der Waals surface area contributed by atoms with E-state index < -0.39 is 14.9 Å². The monoisotopic (exact) mass is 385 g/mol. The van der Waals surface area contributed by atoms with Gasteiger partial charge in [0.15, 0.2) is 5.69 Å². The molecule has 138 valence electrons. The zero-order chi connectivity index (χ0) is 18.3. The van der Waals surface area contributed by atoms with Gasteiger partial charge in [0.2, 0.25) is 10.0 Å². The minimum atomic E-state index is -3.66. The maximum Gasteiger partial charge on any atom is 0.245 e. The molecule has 1 aliphatic heterocycles. The van der Waals surface area contributed by atoms with Crippen LogP contribution in [0.25, 0.3) is 4.91 Å². The summed E-state index contributed by atoms with van der Waals surface area (Å²) >= 11 is 6.45. The minimum Gasteiger partial charge on any atom is -0.244 e. The molecule has 1 saturated carbocycles. The van der Waals surface area contributed by atoms with E-state index in [2.05, 4.69) is 31.1 Å². The van der Waals surface area contributed by atoms with Crippen LogP contribution >= 0.6 is 11.6 Å². The molecule has 1 aromatic heterocycles. The molecule has 1 saturated heterocycles. The summed E-state index contributed by atoms with van der Waals surface area (Å²) in [6.07, 6.45) is 4.89. The van der Waals surface area contributed by atoms with Crippen molar-refractivity contribution in [2.24, 2.45) is 10.8 Å². The van der Waals surface area contributed by atoms with Gasteiger partial charge in [-0.15, -0.1) is 11.6 Å². The Morgan fingerprint density at radius 2 is 1.96 bits per heavy atom. The molecule has 8 heteroatoms. The largest absolute Gasteiger partial charge is 0.245 e. The molecule has 6 nitrogen and oxygen atoms in total. The smallest absolute Gasteiger partial charge is 0.244 e. The first kappa shape index (κ1) is 17.5. The number of hydrogen-bond donors (Lipinski definition) is 0. The third kappa shape index (κ3) is 2.66. The summed E-state index contributed by atoms with van der Waals surface area (Å²) < 4.78 is 33.4. The van der Waals surface area contributed by atoms with Crippen molar-refractivity contribution >= 4 is 26.5 Å². The highest BCUT2D eigenvalue weighted by Crippen LogP contribution is 2.54. The van der Waals surface area contributed by atoms with E-state index in [1.807, 2.05) is 0 Å². The van der Waals surface area contributed by atoms with Crippen LogP contribution in [0.4, 0.5) is 0 Å². The second-order valence-electron chi connectivity index (χ2n) is 9.20. The fourth-order valence-corrected chi connectivity index (χ4v) is 7.36. The molecular formula is C17H24ClN3O3S. The van der Waals surface area contributed by atoms with Crippen LogP contribution in [0.15, 0.2) is 10.7 Å². The lowest BCUT2D eigenvalue weighted by molar-refractivity contribution is 0.133. The Labute approximate surface area is 153 Å². The number of aromatic nitrogens is 2. The Bertz CT molecular complexity index is 858. The fraction of sp³-hybridized carbons (Fsp3) is 0.765. The SMILES string of the molecule is CC1(C)CC2CC(C)(CN2S(=O)(=O)C2=CCC(C)(Cl)c3nonc32)C1. The molecule has 3 aliphatic rings. The molecule has 0 spiro atoms. The van der Waals surface area contributed by atoms with Gasteiger partial charge in [0, 0.05) is 12.6 Å². The van der Waals surface area contributed by atoms with E-state index in [4.69, 9.17) is 16.2 Å². The van der Waals surface area contributed by atoms with Crippen LogP contribution < -0.4 is 0 Å². The van der Waals surface area contributed by atoms with E-state index in [0.717, 1.165) is 19.3 Å². The topological polar surface area (TPSA) is 76.3 Å². The van der Waals surface area contributed by atoms with Crippen molar-refractivity contribution in [3.63, 3.8) is 0 Å². The maximum absolute atomic E-state index is 13.5. The molecule has 0 amide bonds. The number of nitrogens with zero attached hydrogens (tertiary/aromatic N) is 3. The second kappa shape index (κ2) is 5.08. The predicted octanol–water partition coefficient (Wildman–Crippen LogP) is 3.50. The number of fused-ring (bicyclic) bond motifs is 3. The summed E-state index contributed by atoms with van der Waals surface area (Å²) in [4.78, 5) is -0.598. The molecule has 3 atom stereocenters. The Hall–Kier alpha value is -0.920. The standard InChI is InChI=1S/C17H24ClN3O3S/c1-15(2)7-11-8-16(3,9-15)10-21(11)25(22,23)12-5-6-17(4,18)14-13(12)19-24-20-14/h5,11H,6-10H2,1-4H3. The van der Waals surface area contributed by atoms with Crippen LogP contribution in [0.3, 0.4) is 0 Å². The van der Waals surface area contributed by atoms with Gasteiger partial charge in [-0.1, -0.05) is 32.0 Å².